The number of carbonyl (C=O) groups is 1. The summed E-state index contributed by atoms with van der Waals surface area (Å²) in [5.41, 5.74) is 0. The number of nitrogens with one attached hydrogen (secondary N) is 1. The zero-order chi connectivity index (χ0) is 38.6. The molecular formula is C43H83N2O6P. The molecule has 2 N–H and O–H groups in total. The highest BCUT2D eigenvalue weighted by Gasteiger charge is 2.23. The molecule has 306 valence electrons. The molecule has 52 heavy (non-hydrogen) atoms. The third kappa shape index (κ3) is 37.1. The molecule has 0 aromatic carbocycles. The van der Waals surface area contributed by atoms with Crippen LogP contribution in [0, 0.1) is 0 Å². The van der Waals surface area contributed by atoms with Gasteiger partial charge >= 0.3 is 0 Å². The molecule has 1 unspecified atom stereocenters. The van der Waals surface area contributed by atoms with Crippen LogP contribution >= 0.6 is 7.82 Å². The van der Waals surface area contributed by atoms with Gasteiger partial charge in [0.25, 0.3) is 7.82 Å². The number of unbranched alkanes of at least 4 members (excludes halogenated alkanes) is 21. The molecule has 0 heterocycles. The number of hydrogen-bond acceptors (Lipinski definition) is 6. The fraction of sp³-hybridized carbons (Fsp3) is 0.837. The molecule has 0 aliphatic carbocycles. The predicted octanol–water partition coefficient (Wildman–Crippen LogP) is 10.9. The van der Waals surface area contributed by atoms with Crippen molar-refractivity contribution in [1.82, 2.24) is 5.32 Å². The van der Waals surface area contributed by atoms with Crippen LogP contribution in [0.15, 0.2) is 36.5 Å². The van der Waals surface area contributed by atoms with Crippen LogP contribution in [-0.4, -0.2) is 68.5 Å². The van der Waals surface area contributed by atoms with Crippen molar-refractivity contribution in [3.63, 3.8) is 0 Å². The van der Waals surface area contributed by atoms with Crippen molar-refractivity contribution in [2.24, 2.45) is 0 Å². The average molecular weight is 755 g/mol. The Bertz CT molecular complexity index is 948. The highest BCUT2D eigenvalue weighted by atomic mass is 31.2. The first-order valence-corrected chi connectivity index (χ1v) is 22.8. The first-order valence-electron chi connectivity index (χ1n) is 21.4. The van der Waals surface area contributed by atoms with Crippen molar-refractivity contribution in [3.8, 4) is 0 Å². The zero-order valence-corrected chi connectivity index (χ0v) is 35.4. The van der Waals surface area contributed by atoms with Crippen molar-refractivity contribution in [3.05, 3.63) is 36.5 Å². The normalized spacial score (nSPS) is 14.8. The van der Waals surface area contributed by atoms with Crippen molar-refractivity contribution >= 4 is 13.7 Å². The highest BCUT2D eigenvalue weighted by Crippen LogP contribution is 2.38. The van der Waals surface area contributed by atoms with Crippen molar-refractivity contribution in [2.45, 2.75) is 193 Å². The molecule has 0 saturated heterocycles. The Hall–Kier alpha value is -1.28. The van der Waals surface area contributed by atoms with E-state index in [9.17, 15) is 19.4 Å². The van der Waals surface area contributed by atoms with Gasteiger partial charge in [-0.05, 0) is 64.2 Å². The van der Waals surface area contributed by atoms with Gasteiger partial charge in [0.2, 0.25) is 5.91 Å². The molecule has 1 amide bonds. The lowest BCUT2D eigenvalue weighted by Gasteiger charge is -2.29. The number of amides is 1. The van der Waals surface area contributed by atoms with Crippen LogP contribution in [0.25, 0.3) is 0 Å². The van der Waals surface area contributed by atoms with Crippen LogP contribution in [0.4, 0.5) is 0 Å². The topological polar surface area (TPSA) is 108 Å². The van der Waals surface area contributed by atoms with Gasteiger partial charge in [-0.25, -0.2) is 0 Å². The molecule has 0 aliphatic heterocycles. The number of phosphoric acid groups is 1. The number of likely N-dealkylation sites (N-methyl/N-ethyl adjacent to an activating group) is 1. The van der Waals surface area contributed by atoms with Crippen molar-refractivity contribution in [1.29, 1.82) is 0 Å². The fourth-order valence-corrected chi connectivity index (χ4v) is 6.58. The minimum Gasteiger partial charge on any atom is -0.756 e. The average Bonchev–Trinajstić information content (AvgIpc) is 3.09. The molecule has 0 rings (SSSR count). The summed E-state index contributed by atoms with van der Waals surface area (Å²) >= 11 is 0. The van der Waals surface area contributed by atoms with Gasteiger partial charge in [-0.15, -0.1) is 0 Å². The van der Waals surface area contributed by atoms with Crippen molar-refractivity contribution in [2.75, 3.05) is 40.9 Å². The Morgan fingerprint density at radius 2 is 1.10 bits per heavy atom. The Labute approximate surface area is 321 Å². The molecular weight excluding hydrogens is 671 g/mol. The summed E-state index contributed by atoms with van der Waals surface area (Å²) in [5, 5.41) is 13.7. The van der Waals surface area contributed by atoms with Crippen LogP contribution in [0.2, 0.25) is 0 Å². The maximum Gasteiger partial charge on any atom is 0.268 e. The lowest BCUT2D eigenvalue weighted by Crippen LogP contribution is -2.45. The van der Waals surface area contributed by atoms with E-state index in [0.717, 1.165) is 38.5 Å². The third-order valence-electron chi connectivity index (χ3n) is 9.29. The zero-order valence-electron chi connectivity index (χ0n) is 34.5. The monoisotopic (exact) mass is 755 g/mol. The number of allylic oxidation sites excluding steroid dienone is 5. The number of hydrogen-bond donors (Lipinski definition) is 2. The summed E-state index contributed by atoms with van der Waals surface area (Å²) in [5.74, 6) is -0.207. The van der Waals surface area contributed by atoms with Gasteiger partial charge in [0.05, 0.1) is 39.9 Å². The molecule has 0 aromatic rings. The minimum atomic E-state index is -4.59. The van der Waals surface area contributed by atoms with E-state index >= 15 is 0 Å². The molecule has 0 aromatic heterocycles. The molecule has 0 fully saturated rings. The number of quaternary nitrogens is 1. The summed E-state index contributed by atoms with van der Waals surface area (Å²) in [4.78, 5) is 25.2. The van der Waals surface area contributed by atoms with Crippen LogP contribution in [0.5, 0.6) is 0 Å². The second kappa shape index (κ2) is 35.4. The van der Waals surface area contributed by atoms with Gasteiger partial charge in [-0.3, -0.25) is 9.36 Å². The van der Waals surface area contributed by atoms with E-state index in [1.165, 1.54) is 122 Å². The number of carbonyl (C=O) groups excluding carboxylic acids is 1. The second-order valence-corrected chi connectivity index (χ2v) is 17.1. The van der Waals surface area contributed by atoms with E-state index in [1.54, 1.807) is 6.08 Å². The number of aliphatic hydroxyl groups is 1. The van der Waals surface area contributed by atoms with E-state index in [1.807, 2.05) is 27.2 Å². The van der Waals surface area contributed by atoms with E-state index in [4.69, 9.17) is 9.05 Å². The van der Waals surface area contributed by atoms with Gasteiger partial charge < -0.3 is 28.8 Å². The van der Waals surface area contributed by atoms with Gasteiger partial charge in [0.1, 0.15) is 13.2 Å². The first kappa shape index (κ1) is 50.7. The van der Waals surface area contributed by atoms with Crippen LogP contribution in [-0.2, 0) is 18.4 Å². The lowest BCUT2D eigenvalue weighted by atomic mass is 10.1. The molecule has 0 spiro atoms. The molecule has 9 heteroatoms. The van der Waals surface area contributed by atoms with Crippen molar-refractivity contribution < 1.29 is 32.9 Å². The molecule has 0 aliphatic rings. The number of phosphoric ester groups is 1. The number of nitrogens with zero attached hydrogens (tertiary/aromatic N) is 1. The Morgan fingerprint density at radius 1 is 0.654 bits per heavy atom. The number of aliphatic hydroxyl groups excluding tert-OH is 1. The van der Waals surface area contributed by atoms with Gasteiger partial charge in [0.15, 0.2) is 0 Å². The maximum absolute atomic E-state index is 12.8. The van der Waals surface area contributed by atoms with Gasteiger partial charge in [-0.2, -0.15) is 0 Å². The van der Waals surface area contributed by atoms with Gasteiger partial charge in [0, 0.05) is 6.42 Å². The Balaban J connectivity index is 4.45. The van der Waals surface area contributed by atoms with E-state index < -0.39 is 20.0 Å². The van der Waals surface area contributed by atoms with E-state index in [-0.39, 0.29) is 19.1 Å². The highest BCUT2D eigenvalue weighted by molar-refractivity contribution is 7.45. The van der Waals surface area contributed by atoms with E-state index in [2.05, 4.69) is 43.5 Å². The molecule has 3 atom stereocenters. The molecule has 0 radical (unpaired) electrons. The molecule has 0 saturated carbocycles. The Kier molecular flexibility index (Phi) is 34.6. The second-order valence-electron chi connectivity index (χ2n) is 15.7. The van der Waals surface area contributed by atoms with Crippen LogP contribution in [0.3, 0.4) is 0 Å². The summed E-state index contributed by atoms with van der Waals surface area (Å²) in [6, 6.07) is -0.890. The predicted molar refractivity (Wildman–Crippen MR) is 219 cm³/mol. The summed E-state index contributed by atoms with van der Waals surface area (Å²) in [6.07, 6.45) is 41.8. The SMILES string of the molecule is CCC/C=C/CCCCCCCC/C=C/[C@@H](O)[C@H](COP(=O)([O-])OCC[N+](C)(C)C)NC(=O)CCCCCCCCC/C=C/CCCCCCCC. The Morgan fingerprint density at radius 3 is 1.58 bits per heavy atom. The fourth-order valence-electron chi connectivity index (χ4n) is 5.85. The smallest absolute Gasteiger partial charge is 0.268 e. The van der Waals surface area contributed by atoms with Gasteiger partial charge in [-0.1, -0.05) is 147 Å². The van der Waals surface area contributed by atoms with E-state index in [0.29, 0.717) is 17.4 Å². The molecule has 8 nitrogen and oxygen atoms in total. The van der Waals surface area contributed by atoms with Crippen LogP contribution in [0.1, 0.15) is 181 Å². The lowest BCUT2D eigenvalue weighted by molar-refractivity contribution is -0.870. The largest absolute Gasteiger partial charge is 0.756 e. The summed E-state index contributed by atoms with van der Waals surface area (Å²) < 4.78 is 23.1. The quantitative estimate of drug-likeness (QED) is 0.0281. The maximum atomic E-state index is 12.8. The third-order valence-corrected chi connectivity index (χ3v) is 10.3. The summed E-state index contributed by atoms with van der Waals surface area (Å²) in [7, 11) is 1.25. The number of rotatable bonds is 38. The molecule has 0 bridgehead atoms. The first-order chi connectivity index (χ1) is 25.0. The summed E-state index contributed by atoms with van der Waals surface area (Å²) in [6.45, 7) is 4.57. The van der Waals surface area contributed by atoms with Crippen LogP contribution < -0.4 is 10.2 Å². The minimum absolute atomic E-state index is 0.00385. The standard InChI is InChI=1S/C43H83N2O6P/c1-6-8-10-12-14-16-18-20-21-22-23-25-27-29-31-33-35-37-43(47)44-41(40-51-52(48,49)50-39-38-45(3,4)5)42(46)36-34-32-30-28-26-24-19-17-15-13-11-9-7-2/h11,13,20-21,34,36,41-42,46H,6-10,12,14-19,22-33,35,37-40H2,1-5H3,(H-,44,47,48,49)/b13-11+,21-20+,36-34+/t41-,42+/m0/s1.